The summed E-state index contributed by atoms with van der Waals surface area (Å²) in [6.45, 7) is 0.587. The van der Waals surface area contributed by atoms with Crippen LogP contribution in [0.25, 0.3) is 0 Å². The van der Waals surface area contributed by atoms with Crippen molar-refractivity contribution in [3.05, 3.63) is 22.1 Å². The van der Waals surface area contributed by atoms with E-state index in [2.05, 4.69) is 21.2 Å². The molecule has 1 aliphatic heterocycles. The van der Waals surface area contributed by atoms with Gasteiger partial charge >= 0.3 is 0 Å². The Balaban J connectivity index is 2.30. The van der Waals surface area contributed by atoms with Crippen molar-refractivity contribution in [1.82, 2.24) is 5.32 Å². The summed E-state index contributed by atoms with van der Waals surface area (Å²) >= 11 is 3.25. The van der Waals surface area contributed by atoms with Crippen molar-refractivity contribution in [2.24, 2.45) is 0 Å². The number of amides is 1. The maximum Gasteiger partial charge on any atom is 0.220 e. The third-order valence-corrected chi connectivity index (χ3v) is 2.31. The molecule has 0 aliphatic carbocycles. The minimum atomic E-state index is 0.0949. The average Bonchev–Trinajstić information content (AvgIpc) is 2.31. The fraction of sp³-hybridized carbons (Fsp3) is 0.375. The molecule has 1 amide bonds. The van der Waals surface area contributed by atoms with E-state index in [-0.39, 0.29) is 5.91 Å². The number of nitrogens with one attached hydrogen (secondary N) is 1. The third-order valence-electron chi connectivity index (χ3n) is 1.92. The lowest BCUT2D eigenvalue weighted by molar-refractivity contribution is -0.121. The van der Waals surface area contributed by atoms with Crippen LogP contribution < -0.4 is 5.32 Å². The van der Waals surface area contributed by atoms with E-state index in [0.29, 0.717) is 19.4 Å². The van der Waals surface area contributed by atoms with Gasteiger partial charge in [-0.25, -0.2) is 0 Å². The number of halogens is 1. The molecule has 0 fully saturated rings. The Labute approximate surface area is 78.3 Å². The normalized spacial score (nSPS) is 16.6. The molecule has 1 N–H and O–H groups in total. The van der Waals surface area contributed by atoms with Gasteiger partial charge in [-0.1, -0.05) is 0 Å². The first-order valence-electron chi connectivity index (χ1n) is 3.79. The van der Waals surface area contributed by atoms with Crippen LogP contribution in [0.3, 0.4) is 0 Å². The number of rotatable bonds is 0. The van der Waals surface area contributed by atoms with Crippen LogP contribution in [0.1, 0.15) is 17.7 Å². The Kier molecular flexibility index (Phi) is 1.92. The molecule has 0 saturated carbocycles. The Bertz CT molecular complexity index is 291. The minimum absolute atomic E-state index is 0.0949. The van der Waals surface area contributed by atoms with E-state index in [1.54, 1.807) is 0 Å². The standard InChI is InChI=1S/C8H8BrNO2/c9-7-3-5-4-10-8(11)2-1-6(5)12-7/h3H,1-2,4H2,(H,10,11). The molecule has 0 saturated heterocycles. The fourth-order valence-electron chi connectivity index (χ4n) is 1.30. The third kappa shape index (κ3) is 1.39. The van der Waals surface area contributed by atoms with Gasteiger partial charge in [0, 0.05) is 24.9 Å². The summed E-state index contributed by atoms with van der Waals surface area (Å²) < 4.78 is 6.10. The van der Waals surface area contributed by atoms with E-state index >= 15 is 0 Å². The van der Waals surface area contributed by atoms with E-state index in [1.165, 1.54) is 0 Å². The summed E-state index contributed by atoms with van der Waals surface area (Å²) in [6, 6.07) is 1.90. The number of carbonyl (C=O) groups excluding carboxylic acids is 1. The number of hydrogen-bond donors (Lipinski definition) is 1. The molecule has 0 radical (unpaired) electrons. The highest BCUT2D eigenvalue weighted by Gasteiger charge is 2.15. The molecule has 0 spiro atoms. The maximum atomic E-state index is 11.0. The quantitative estimate of drug-likeness (QED) is 0.735. The minimum Gasteiger partial charge on any atom is -0.454 e. The van der Waals surface area contributed by atoms with Gasteiger partial charge < -0.3 is 9.73 Å². The van der Waals surface area contributed by atoms with E-state index in [0.717, 1.165) is 16.0 Å². The summed E-state index contributed by atoms with van der Waals surface area (Å²) in [6.07, 6.45) is 1.22. The van der Waals surface area contributed by atoms with Gasteiger partial charge in [-0.3, -0.25) is 4.79 Å². The van der Waals surface area contributed by atoms with E-state index in [1.807, 2.05) is 6.07 Å². The van der Waals surface area contributed by atoms with E-state index in [4.69, 9.17) is 4.42 Å². The zero-order valence-electron chi connectivity index (χ0n) is 6.39. The summed E-state index contributed by atoms with van der Waals surface area (Å²) in [4.78, 5) is 11.0. The fourth-order valence-corrected chi connectivity index (χ4v) is 1.77. The molecule has 4 heteroatoms. The summed E-state index contributed by atoms with van der Waals surface area (Å²) in [5, 5.41) is 2.79. The maximum absolute atomic E-state index is 11.0. The van der Waals surface area contributed by atoms with Crippen LogP contribution in [0.4, 0.5) is 0 Å². The lowest BCUT2D eigenvalue weighted by atomic mass is 10.2. The van der Waals surface area contributed by atoms with Crippen molar-refractivity contribution < 1.29 is 9.21 Å². The molecule has 0 atom stereocenters. The molecule has 2 heterocycles. The molecular weight excluding hydrogens is 222 g/mol. The molecule has 0 aromatic carbocycles. The van der Waals surface area contributed by atoms with Gasteiger partial charge in [0.2, 0.25) is 5.91 Å². The lowest BCUT2D eigenvalue weighted by Gasteiger charge is -1.95. The number of furan rings is 1. The van der Waals surface area contributed by atoms with E-state index in [9.17, 15) is 4.79 Å². The topological polar surface area (TPSA) is 42.2 Å². The van der Waals surface area contributed by atoms with E-state index < -0.39 is 0 Å². The van der Waals surface area contributed by atoms with Crippen molar-refractivity contribution in [3.63, 3.8) is 0 Å². The number of hydrogen-bond acceptors (Lipinski definition) is 2. The van der Waals surface area contributed by atoms with Gasteiger partial charge in [-0.15, -0.1) is 0 Å². The first-order chi connectivity index (χ1) is 5.75. The van der Waals surface area contributed by atoms with Crippen molar-refractivity contribution in [2.45, 2.75) is 19.4 Å². The largest absolute Gasteiger partial charge is 0.454 e. The molecule has 1 aromatic rings. The van der Waals surface area contributed by atoms with Gasteiger partial charge in [0.05, 0.1) is 0 Å². The van der Waals surface area contributed by atoms with Crippen LogP contribution in [0.5, 0.6) is 0 Å². The zero-order chi connectivity index (χ0) is 8.55. The molecule has 0 unspecified atom stereocenters. The number of fused-ring (bicyclic) bond motifs is 1. The molecule has 64 valence electrons. The van der Waals surface area contributed by atoms with Crippen molar-refractivity contribution in [3.8, 4) is 0 Å². The molecule has 1 aromatic heterocycles. The SMILES string of the molecule is O=C1CCc2oc(Br)cc2CN1. The molecular formula is C8H8BrNO2. The van der Waals surface area contributed by atoms with Crippen LogP contribution >= 0.6 is 15.9 Å². The molecule has 1 aliphatic rings. The van der Waals surface area contributed by atoms with Crippen LogP contribution in [0, 0.1) is 0 Å². The summed E-state index contributed by atoms with van der Waals surface area (Å²) in [5.41, 5.74) is 1.08. The van der Waals surface area contributed by atoms with Crippen LogP contribution in [0.15, 0.2) is 15.2 Å². The summed E-state index contributed by atoms with van der Waals surface area (Å²) in [7, 11) is 0. The molecule has 2 rings (SSSR count). The number of aryl methyl sites for hydroxylation is 1. The van der Waals surface area contributed by atoms with Gasteiger partial charge in [0.15, 0.2) is 4.67 Å². The van der Waals surface area contributed by atoms with Crippen LogP contribution in [0.2, 0.25) is 0 Å². The second kappa shape index (κ2) is 2.94. The van der Waals surface area contributed by atoms with Crippen molar-refractivity contribution in [1.29, 1.82) is 0 Å². The Morgan fingerprint density at radius 2 is 2.33 bits per heavy atom. The van der Waals surface area contributed by atoms with Crippen molar-refractivity contribution in [2.75, 3.05) is 0 Å². The molecule has 3 nitrogen and oxygen atoms in total. The van der Waals surface area contributed by atoms with Gasteiger partial charge in [0.25, 0.3) is 0 Å². The molecule has 0 bridgehead atoms. The predicted octanol–water partition coefficient (Wildman–Crippen LogP) is 1.60. The number of carbonyl (C=O) groups is 1. The lowest BCUT2D eigenvalue weighted by Crippen LogP contribution is -2.20. The van der Waals surface area contributed by atoms with Gasteiger partial charge in [-0.2, -0.15) is 0 Å². The van der Waals surface area contributed by atoms with Crippen molar-refractivity contribution >= 4 is 21.8 Å². The highest BCUT2D eigenvalue weighted by Crippen LogP contribution is 2.23. The highest BCUT2D eigenvalue weighted by atomic mass is 79.9. The summed E-state index contributed by atoms with van der Waals surface area (Å²) in [5.74, 6) is 1.01. The first-order valence-corrected chi connectivity index (χ1v) is 4.59. The second-order valence-corrected chi connectivity index (χ2v) is 3.56. The first kappa shape index (κ1) is 7.86. The monoisotopic (exact) mass is 229 g/mol. The Morgan fingerprint density at radius 1 is 1.50 bits per heavy atom. The smallest absolute Gasteiger partial charge is 0.220 e. The second-order valence-electron chi connectivity index (χ2n) is 2.78. The Morgan fingerprint density at radius 3 is 3.17 bits per heavy atom. The average molecular weight is 230 g/mol. The van der Waals surface area contributed by atoms with Gasteiger partial charge in [-0.05, 0) is 22.0 Å². The highest BCUT2D eigenvalue weighted by molar-refractivity contribution is 9.10. The van der Waals surface area contributed by atoms with Crippen LogP contribution in [-0.4, -0.2) is 5.91 Å². The van der Waals surface area contributed by atoms with Crippen LogP contribution in [-0.2, 0) is 17.8 Å². The Hall–Kier alpha value is -0.770. The molecule has 12 heavy (non-hydrogen) atoms. The van der Waals surface area contributed by atoms with Gasteiger partial charge in [0.1, 0.15) is 5.76 Å². The predicted molar refractivity (Wildman–Crippen MR) is 46.6 cm³/mol. The zero-order valence-corrected chi connectivity index (χ0v) is 7.98.